The lowest BCUT2D eigenvalue weighted by Crippen LogP contribution is -2.05. The van der Waals surface area contributed by atoms with Crippen LogP contribution in [0.2, 0.25) is 0 Å². The second-order valence-corrected chi connectivity index (χ2v) is 6.18. The molecule has 0 saturated carbocycles. The highest BCUT2D eigenvalue weighted by molar-refractivity contribution is 7.13. The van der Waals surface area contributed by atoms with Crippen molar-refractivity contribution in [2.45, 2.75) is 6.61 Å². The SMILES string of the molecule is O=C(OCc1cc(-c2cccc(F)c2)on1)c1csc(-c2ccoc2)n1. The Bertz CT molecular complexity index is 1040. The van der Waals surface area contributed by atoms with Crippen LogP contribution in [0.5, 0.6) is 0 Å². The minimum Gasteiger partial charge on any atom is -0.472 e. The molecule has 130 valence electrons. The Morgan fingerprint density at radius 3 is 2.96 bits per heavy atom. The van der Waals surface area contributed by atoms with Crippen LogP contribution in [-0.4, -0.2) is 16.1 Å². The molecule has 3 aromatic heterocycles. The predicted molar refractivity (Wildman–Crippen MR) is 90.8 cm³/mol. The van der Waals surface area contributed by atoms with Gasteiger partial charge in [-0.3, -0.25) is 0 Å². The first kappa shape index (κ1) is 16.2. The third-order valence-electron chi connectivity index (χ3n) is 3.50. The van der Waals surface area contributed by atoms with Gasteiger partial charge in [-0.25, -0.2) is 14.2 Å². The number of ether oxygens (including phenoxy) is 1. The van der Waals surface area contributed by atoms with Gasteiger partial charge in [0.05, 0.1) is 6.26 Å². The number of benzene rings is 1. The van der Waals surface area contributed by atoms with Crippen molar-refractivity contribution in [3.8, 4) is 21.9 Å². The highest BCUT2D eigenvalue weighted by atomic mass is 32.1. The van der Waals surface area contributed by atoms with Gasteiger partial charge in [-0.05, 0) is 18.2 Å². The van der Waals surface area contributed by atoms with E-state index in [1.54, 1.807) is 35.9 Å². The van der Waals surface area contributed by atoms with E-state index in [2.05, 4.69) is 10.1 Å². The summed E-state index contributed by atoms with van der Waals surface area (Å²) in [4.78, 5) is 16.3. The van der Waals surface area contributed by atoms with E-state index in [1.807, 2.05) is 0 Å². The van der Waals surface area contributed by atoms with Crippen LogP contribution in [0.3, 0.4) is 0 Å². The van der Waals surface area contributed by atoms with Gasteiger partial charge >= 0.3 is 5.97 Å². The van der Waals surface area contributed by atoms with Gasteiger partial charge in [-0.1, -0.05) is 17.3 Å². The van der Waals surface area contributed by atoms with Crippen LogP contribution in [-0.2, 0) is 11.3 Å². The smallest absolute Gasteiger partial charge is 0.358 e. The van der Waals surface area contributed by atoms with Crippen LogP contribution in [0.4, 0.5) is 4.39 Å². The molecule has 0 aliphatic heterocycles. The van der Waals surface area contributed by atoms with Crippen LogP contribution in [0, 0.1) is 5.82 Å². The van der Waals surface area contributed by atoms with Gasteiger partial charge in [0.25, 0.3) is 0 Å². The first-order valence-corrected chi connectivity index (χ1v) is 8.44. The number of esters is 1. The number of hydrogen-bond donors (Lipinski definition) is 0. The van der Waals surface area contributed by atoms with Gasteiger partial charge in [-0.15, -0.1) is 11.3 Å². The lowest BCUT2D eigenvalue weighted by molar-refractivity contribution is 0.0458. The highest BCUT2D eigenvalue weighted by Gasteiger charge is 2.15. The van der Waals surface area contributed by atoms with Crippen molar-refractivity contribution in [3.05, 3.63) is 71.5 Å². The van der Waals surface area contributed by atoms with Crippen molar-refractivity contribution in [1.29, 1.82) is 0 Å². The zero-order valence-electron chi connectivity index (χ0n) is 13.2. The molecule has 4 aromatic rings. The highest BCUT2D eigenvalue weighted by Crippen LogP contribution is 2.25. The van der Waals surface area contributed by atoms with Gasteiger partial charge in [0.1, 0.15) is 29.4 Å². The number of aromatic nitrogens is 2. The molecule has 0 saturated heterocycles. The summed E-state index contributed by atoms with van der Waals surface area (Å²) in [5, 5.41) is 6.11. The molecular formula is C18H11FN2O4S. The molecule has 26 heavy (non-hydrogen) atoms. The van der Waals surface area contributed by atoms with E-state index in [-0.39, 0.29) is 18.1 Å². The quantitative estimate of drug-likeness (QED) is 0.480. The number of nitrogens with zero attached hydrogens (tertiary/aromatic N) is 2. The molecule has 0 bridgehead atoms. The Hall–Kier alpha value is -3.26. The standard InChI is InChI=1S/C18H11FN2O4S/c19-13-3-1-2-11(6-13)16-7-14(21-25-16)9-24-18(22)15-10-26-17(20-15)12-4-5-23-8-12/h1-8,10H,9H2. The zero-order chi connectivity index (χ0) is 17.9. The number of carbonyl (C=O) groups is 1. The maximum atomic E-state index is 13.3. The van der Waals surface area contributed by atoms with Gasteiger partial charge in [0, 0.05) is 22.6 Å². The van der Waals surface area contributed by atoms with Crippen molar-refractivity contribution in [2.24, 2.45) is 0 Å². The fourth-order valence-corrected chi connectivity index (χ4v) is 3.03. The van der Waals surface area contributed by atoms with Crippen LogP contribution < -0.4 is 0 Å². The summed E-state index contributed by atoms with van der Waals surface area (Å²) in [5.74, 6) is -0.540. The number of furan rings is 1. The number of thiazole rings is 1. The molecule has 0 atom stereocenters. The van der Waals surface area contributed by atoms with Crippen molar-refractivity contribution in [3.63, 3.8) is 0 Å². The number of carbonyl (C=O) groups excluding carboxylic acids is 1. The van der Waals surface area contributed by atoms with E-state index >= 15 is 0 Å². The van der Waals surface area contributed by atoms with Gasteiger partial charge in [-0.2, -0.15) is 0 Å². The van der Waals surface area contributed by atoms with E-state index in [1.165, 1.54) is 29.7 Å². The predicted octanol–water partition coefficient (Wildman–Crippen LogP) is 4.55. The number of halogens is 1. The summed E-state index contributed by atoms with van der Waals surface area (Å²) in [5.41, 5.74) is 1.98. The number of hydrogen-bond acceptors (Lipinski definition) is 7. The lowest BCUT2D eigenvalue weighted by atomic mass is 10.1. The Labute approximate surface area is 150 Å². The van der Waals surface area contributed by atoms with Crippen LogP contribution in [0.15, 0.2) is 63.2 Å². The molecule has 0 fully saturated rings. The van der Waals surface area contributed by atoms with Gasteiger partial charge in [0.15, 0.2) is 11.5 Å². The molecule has 0 spiro atoms. The molecule has 0 radical (unpaired) electrons. The van der Waals surface area contributed by atoms with E-state index in [4.69, 9.17) is 13.7 Å². The second-order valence-electron chi connectivity index (χ2n) is 5.32. The van der Waals surface area contributed by atoms with E-state index in [0.29, 0.717) is 22.0 Å². The Kier molecular flexibility index (Phi) is 4.32. The molecule has 0 amide bonds. The van der Waals surface area contributed by atoms with Crippen LogP contribution in [0.1, 0.15) is 16.2 Å². The summed E-state index contributed by atoms with van der Waals surface area (Å²) in [6.45, 7) is -0.0732. The molecule has 0 aliphatic rings. The fraction of sp³-hybridized carbons (Fsp3) is 0.0556. The number of rotatable bonds is 5. The Morgan fingerprint density at radius 2 is 2.15 bits per heavy atom. The summed E-state index contributed by atoms with van der Waals surface area (Å²) < 4.78 is 28.6. The van der Waals surface area contributed by atoms with E-state index in [9.17, 15) is 9.18 Å². The third kappa shape index (κ3) is 3.40. The third-order valence-corrected chi connectivity index (χ3v) is 4.39. The average molecular weight is 370 g/mol. The lowest BCUT2D eigenvalue weighted by Gasteiger charge is -1.98. The normalized spacial score (nSPS) is 10.8. The molecule has 4 rings (SSSR count). The summed E-state index contributed by atoms with van der Waals surface area (Å²) in [6.07, 6.45) is 3.09. The first-order valence-electron chi connectivity index (χ1n) is 7.56. The summed E-state index contributed by atoms with van der Waals surface area (Å²) in [7, 11) is 0. The van der Waals surface area contributed by atoms with Gasteiger partial charge in [0.2, 0.25) is 0 Å². The molecule has 8 heteroatoms. The fourth-order valence-electron chi connectivity index (χ4n) is 2.26. The van der Waals surface area contributed by atoms with Crippen LogP contribution >= 0.6 is 11.3 Å². The molecule has 0 unspecified atom stereocenters. The Morgan fingerprint density at radius 1 is 1.23 bits per heavy atom. The summed E-state index contributed by atoms with van der Waals surface area (Å²) in [6, 6.07) is 9.31. The zero-order valence-corrected chi connectivity index (χ0v) is 14.0. The van der Waals surface area contributed by atoms with E-state index in [0.717, 1.165) is 5.56 Å². The van der Waals surface area contributed by atoms with Crippen molar-refractivity contribution >= 4 is 17.3 Å². The van der Waals surface area contributed by atoms with Crippen molar-refractivity contribution in [1.82, 2.24) is 10.1 Å². The average Bonchev–Trinajstić information content (AvgIpc) is 3.40. The first-order chi connectivity index (χ1) is 12.7. The topological polar surface area (TPSA) is 78.4 Å². The molecule has 1 aromatic carbocycles. The van der Waals surface area contributed by atoms with E-state index < -0.39 is 5.97 Å². The maximum Gasteiger partial charge on any atom is 0.358 e. The molecule has 6 nitrogen and oxygen atoms in total. The minimum absolute atomic E-state index is 0.0732. The molecule has 3 heterocycles. The monoisotopic (exact) mass is 370 g/mol. The molecular weight excluding hydrogens is 359 g/mol. The molecule has 0 aliphatic carbocycles. The molecule has 0 N–H and O–H groups in total. The Balaban J connectivity index is 1.41. The van der Waals surface area contributed by atoms with Crippen LogP contribution in [0.25, 0.3) is 21.9 Å². The summed E-state index contributed by atoms with van der Waals surface area (Å²) >= 11 is 1.32. The maximum absolute atomic E-state index is 13.3. The van der Waals surface area contributed by atoms with Crippen molar-refractivity contribution < 1.29 is 22.9 Å². The van der Waals surface area contributed by atoms with Gasteiger partial charge < -0.3 is 13.7 Å². The van der Waals surface area contributed by atoms with Crippen molar-refractivity contribution in [2.75, 3.05) is 0 Å². The minimum atomic E-state index is -0.564. The second kappa shape index (κ2) is 6.93. The largest absolute Gasteiger partial charge is 0.472 e.